The van der Waals surface area contributed by atoms with Crippen molar-refractivity contribution in [1.82, 2.24) is 0 Å². The highest BCUT2D eigenvalue weighted by Crippen LogP contribution is 2.43. The summed E-state index contributed by atoms with van der Waals surface area (Å²) in [6.07, 6.45) is 11.2. The van der Waals surface area contributed by atoms with Crippen LogP contribution < -0.4 is 10.4 Å². The molecule has 1 aromatic rings. The van der Waals surface area contributed by atoms with E-state index in [1.807, 2.05) is 0 Å². The molecular formula is C20H22. The largest absolute Gasteiger partial charge is 0.0807 e. The number of hydrogen-bond donors (Lipinski definition) is 0. The van der Waals surface area contributed by atoms with E-state index in [1.54, 1.807) is 22.3 Å². The molecule has 0 aromatic heterocycles. The van der Waals surface area contributed by atoms with E-state index >= 15 is 0 Å². The van der Waals surface area contributed by atoms with Gasteiger partial charge >= 0.3 is 0 Å². The van der Waals surface area contributed by atoms with Crippen molar-refractivity contribution in [2.75, 3.05) is 0 Å². The molecule has 1 aromatic carbocycles. The lowest BCUT2D eigenvalue weighted by atomic mass is 9.91. The highest BCUT2D eigenvalue weighted by Gasteiger charge is 2.26. The quantitative estimate of drug-likeness (QED) is 0.719. The Morgan fingerprint density at radius 1 is 1.00 bits per heavy atom. The molecule has 0 aliphatic heterocycles. The maximum absolute atomic E-state index is 2.49. The average Bonchev–Trinajstić information content (AvgIpc) is 2.85. The summed E-state index contributed by atoms with van der Waals surface area (Å²) in [5.41, 5.74) is 8.08. The van der Waals surface area contributed by atoms with Gasteiger partial charge in [-0.15, -0.1) is 0 Å². The third-order valence-corrected chi connectivity index (χ3v) is 5.10. The van der Waals surface area contributed by atoms with E-state index in [1.165, 1.54) is 41.7 Å². The molecule has 0 saturated heterocycles. The zero-order chi connectivity index (χ0) is 13.7. The minimum Gasteiger partial charge on any atom is -0.0807 e. The van der Waals surface area contributed by atoms with Crippen molar-refractivity contribution in [1.29, 1.82) is 0 Å². The van der Waals surface area contributed by atoms with Crippen LogP contribution in [0, 0.1) is 0 Å². The van der Waals surface area contributed by atoms with Gasteiger partial charge in [-0.25, -0.2) is 0 Å². The molecule has 0 fully saturated rings. The topological polar surface area (TPSA) is 0 Å². The van der Waals surface area contributed by atoms with Crippen LogP contribution in [0.25, 0.3) is 11.6 Å². The van der Waals surface area contributed by atoms with Gasteiger partial charge in [0.05, 0.1) is 0 Å². The van der Waals surface area contributed by atoms with E-state index in [9.17, 15) is 0 Å². The molecule has 20 heavy (non-hydrogen) atoms. The van der Waals surface area contributed by atoms with E-state index < -0.39 is 0 Å². The monoisotopic (exact) mass is 262 g/mol. The Kier molecular flexibility index (Phi) is 2.73. The third-order valence-electron chi connectivity index (χ3n) is 5.10. The van der Waals surface area contributed by atoms with Crippen LogP contribution in [0.1, 0.15) is 57.4 Å². The number of allylic oxidation sites excluding steroid dienone is 4. The molecule has 3 aliphatic carbocycles. The summed E-state index contributed by atoms with van der Waals surface area (Å²) < 4.78 is 0. The molecule has 0 radical (unpaired) electrons. The standard InChI is InChI=1S/C20H22/c1-13(2)15-8-7-14-9-10-18-17-6-4-3-5-16(17)12-20(18)19(14)11-15/h5,7-9,11,13H,3-4,6,10,12H2,1-2H3. The zero-order valence-corrected chi connectivity index (χ0v) is 12.5. The van der Waals surface area contributed by atoms with E-state index in [0.29, 0.717) is 5.92 Å². The van der Waals surface area contributed by atoms with Gasteiger partial charge < -0.3 is 0 Å². The molecule has 0 nitrogen and oxygen atoms in total. The highest BCUT2D eigenvalue weighted by molar-refractivity contribution is 5.80. The molecule has 0 unspecified atom stereocenters. The molecule has 3 aliphatic rings. The normalized spacial score (nSPS) is 20.4. The van der Waals surface area contributed by atoms with Crippen LogP contribution in [0.4, 0.5) is 0 Å². The van der Waals surface area contributed by atoms with Crippen LogP contribution in [-0.2, 0) is 0 Å². The molecule has 0 spiro atoms. The van der Waals surface area contributed by atoms with Crippen LogP contribution in [0.2, 0.25) is 0 Å². The Balaban J connectivity index is 1.99. The summed E-state index contributed by atoms with van der Waals surface area (Å²) in [4.78, 5) is 0. The van der Waals surface area contributed by atoms with Crippen molar-refractivity contribution in [3.63, 3.8) is 0 Å². The van der Waals surface area contributed by atoms with E-state index in [0.717, 1.165) is 6.42 Å². The van der Waals surface area contributed by atoms with Crippen LogP contribution >= 0.6 is 0 Å². The lowest BCUT2D eigenvalue weighted by Crippen LogP contribution is -2.30. The molecule has 102 valence electrons. The molecule has 0 heterocycles. The van der Waals surface area contributed by atoms with Crippen molar-refractivity contribution >= 4 is 11.6 Å². The lowest BCUT2D eigenvalue weighted by Gasteiger charge is -2.14. The molecule has 0 saturated carbocycles. The van der Waals surface area contributed by atoms with Gasteiger partial charge in [-0.1, -0.05) is 44.2 Å². The van der Waals surface area contributed by atoms with Gasteiger partial charge in [-0.05, 0) is 76.3 Å². The Labute approximate surface area is 121 Å². The fraction of sp³-hybridized carbons (Fsp3) is 0.400. The summed E-state index contributed by atoms with van der Waals surface area (Å²) >= 11 is 0. The maximum Gasteiger partial charge on any atom is -0.00170 e. The second-order valence-corrected chi connectivity index (χ2v) is 6.64. The summed E-state index contributed by atoms with van der Waals surface area (Å²) in [5.74, 6) is 0.613. The molecule has 0 amide bonds. The highest BCUT2D eigenvalue weighted by atomic mass is 14.3. The molecule has 0 bridgehead atoms. The zero-order valence-electron chi connectivity index (χ0n) is 12.5. The van der Waals surface area contributed by atoms with Crippen LogP contribution in [0.3, 0.4) is 0 Å². The number of benzene rings is 1. The van der Waals surface area contributed by atoms with E-state index in [4.69, 9.17) is 0 Å². The van der Waals surface area contributed by atoms with Gasteiger partial charge in [-0.3, -0.25) is 0 Å². The molecule has 0 N–H and O–H groups in total. The van der Waals surface area contributed by atoms with Gasteiger partial charge in [0.15, 0.2) is 0 Å². The third kappa shape index (κ3) is 1.74. The lowest BCUT2D eigenvalue weighted by molar-refractivity contribution is 0.798. The van der Waals surface area contributed by atoms with Crippen molar-refractivity contribution in [2.24, 2.45) is 0 Å². The fourth-order valence-corrected chi connectivity index (χ4v) is 3.93. The number of hydrogen-bond acceptors (Lipinski definition) is 0. The molecule has 0 heteroatoms. The first kappa shape index (κ1) is 12.2. The van der Waals surface area contributed by atoms with Gasteiger partial charge in [0.1, 0.15) is 0 Å². The number of rotatable bonds is 1. The Bertz CT molecular complexity index is 754. The van der Waals surface area contributed by atoms with Crippen LogP contribution in [0.5, 0.6) is 0 Å². The first-order chi connectivity index (χ1) is 9.74. The van der Waals surface area contributed by atoms with E-state index in [2.05, 4.69) is 44.2 Å². The van der Waals surface area contributed by atoms with E-state index in [-0.39, 0.29) is 0 Å². The van der Waals surface area contributed by atoms with Crippen LogP contribution in [-0.4, -0.2) is 0 Å². The molecule has 0 atom stereocenters. The summed E-state index contributed by atoms with van der Waals surface area (Å²) in [7, 11) is 0. The van der Waals surface area contributed by atoms with Gasteiger partial charge in [0.2, 0.25) is 0 Å². The van der Waals surface area contributed by atoms with Gasteiger partial charge in [0.25, 0.3) is 0 Å². The van der Waals surface area contributed by atoms with Crippen molar-refractivity contribution in [3.8, 4) is 0 Å². The Hall–Kier alpha value is -1.56. The van der Waals surface area contributed by atoms with Gasteiger partial charge in [0, 0.05) is 0 Å². The van der Waals surface area contributed by atoms with Crippen molar-refractivity contribution in [3.05, 3.63) is 57.0 Å². The summed E-state index contributed by atoms with van der Waals surface area (Å²) in [5, 5.41) is 2.97. The predicted molar refractivity (Wildman–Crippen MR) is 85.8 cm³/mol. The average molecular weight is 262 g/mol. The minimum atomic E-state index is 0.613. The summed E-state index contributed by atoms with van der Waals surface area (Å²) in [6, 6.07) is 7.08. The second-order valence-electron chi connectivity index (χ2n) is 6.64. The maximum atomic E-state index is 2.49. The minimum absolute atomic E-state index is 0.613. The van der Waals surface area contributed by atoms with Crippen molar-refractivity contribution in [2.45, 2.75) is 51.9 Å². The molecular weight excluding hydrogens is 240 g/mol. The first-order valence-corrected chi connectivity index (χ1v) is 7.99. The smallest absolute Gasteiger partial charge is 0.00170 e. The SMILES string of the molecule is CC(C)c1ccc2c(c1)=C1CC3=CCCCC3=C1CC=2. The van der Waals surface area contributed by atoms with Crippen LogP contribution in [0.15, 0.2) is 41.0 Å². The first-order valence-electron chi connectivity index (χ1n) is 7.99. The predicted octanol–water partition coefficient (Wildman–Crippen LogP) is 3.96. The van der Waals surface area contributed by atoms with Crippen molar-refractivity contribution < 1.29 is 0 Å². The summed E-state index contributed by atoms with van der Waals surface area (Å²) in [6.45, 7) is 4.57. The second kappa shape index (κ2) is 4.48. The fourth-order valence-electron chi connectivity index (χ4n) is 3.93. The Morgan fingerprint density at radius 2 is 1.90 bits per heavy atom. The van der Waals surface area contributed by atoms with Gasteiger partial charge in [-0.2, -0.15) is 0 Å². The Morgan fingerprint density at radius 3 is 2.75 bits per heavy atom. The number of fused-ring (bicyclic) bond motifs is 3. The molecule has 4 rings (SSSR count).